The number of aliphatic hydroxyl groups excluding tert-OH is 5. The summed E-state index contributed by atoms with van der Waals surface area (Å²) >= 11 is 5.82. The molecule has 5 unspecified atom stereocenters. The molecule has 1 aliphatic rings. The number of hydrogen-bond donors (Lipinski definition) is 6. The van der Waals surface area contributed by atoms with Gasteiger partial charge in [-0.2, -0.15) is 0 Å². The van der Waals surface area contributed by atoms with E-state index in [0.29, 0.717) is 10.9 Å². The van der Waals surface area contributed by atoms with Crippen LogP contribution in [-0.2, 0) is 9.09 Å². The minimum absolute atomic E-state index is 0.0149. The number of phosphoric ester groups is 1. The summed E-state index contributed by atoms with van der Waals surface area (Å²) in [6, 6.07) is 3.82. The zero-order chi connectivity index (χ0) is 21.7. The van der Waals surface area contributed by atoms with Crippen molar-refractivity contribution in [1.82, 2.24) is 0 Å². The second-order valence-corrected chi connectivity index (χ2v) is 8.28. The maximum absolute atomic E-state index is 12.3. The monoisotopic (exact) mass is 452 g/mol. The summed E-state index contributed by atoms with van der Waals surface area (Å²) in [5.41, 5.74) is -0.365. The number of aliphatic hydroxyl groups is 5. The van der Waals surface area contributed by atoms with E-state index in [1.807, 2.05) is 0 Å². The van der Waals surface area contributed by atoms with Crippen LogP contribution < -0.4 is 10.1 Å². The molecule has 0 aliphatic heterocycles. The molecule has 1 saturated carbocycles. The lowest BCUT2D eigenvalue weighted by atomic mass is 9.85. The predicted molar refractivity (Wildman–Crippen MR) is 97.6 cm³/mol. The van der Waals surface area contributed by atoms with E-state index >= 15 is 0 Å². The molecule has 0 spiro atoms. The molecule has 3 rings (SSSR count). The van der Waals surface area contributed by atoms with E-state index in [4.69, 9.17) is 25.1 Å². The van der Waals surface area contributed by atoms with Crippen LogP contribution in [0.1, 0.15) is 5.56 Å². The van der Waals surface area contributed by atoms with Gasteiger partial charge in [-0.1, -0.05) is 11.6 Å². The van der Waals surface area contributed by atoms with Crippen LogP contribution in [0, 0.1) is 6.92 Å². The van der Waals surface area contributed by atoms with Crippen LogP contribution >= 0.6 is 19.4 Å². The predicted octanol–water partition coefficient (Wildman–Crippen LogP) is -0.563. The summed E-state index contributed by atoms with van der Waals surface area (Å²) in [5, 5.41) is 49.0. The number of phosphoric acid groups is 1. The van der Waals surface area contributed by atoms with E-state index in [-0.39, 0.29) is 16.4 Å². The van der Waals surface area contributed by atoms with Crippen LogP contribution in [-0.4, -0.2) is 67.0 Å². The van der Waals surface area contributed by atoms with Gasteiger partial charge in [0.2, 0.25) is 0 Å². The number of aryl methyl sites for hydroxylation is 1. The molecule has 0 saturated heterocycles. The molecule has 0 amide bonds. The van der Waals surface area contributed by atoms with Crippen molar-refractivity contribution in [1.29, 1.82) is 0 Å². The maximum Gasteiger partial charge on any atom is 0.527 e. The number of rotatable bonds is 4. The Kier molecular flexibility index (Phi) is 6.08. The first-order chi connectivity index (χ1) is 13.4. The molecule has 160 valence electrons. The summed E-state index contributed by atoms with van der Waals surface area (Å²) in [4.78, 5) is 21.7. The lowest BCUT2D eigenvalue weighted by molar-refractivity contribution is -0.219. The molecule has 1 aromatic carbocycles. The SMILES string of the molecule is Cc1c(Cl)c(=O)oc2cc(OP(=O)(O)OC3C(O)C(O)C(O)C(O)C3O)ccc12. The van der Waals surface area contributed by atoms with Crippen molar-refractivity contribution >= 4 is 30.4 Å². The molecule has 6 N–H and O–H groups in total. The lowest BCUT2D eigenvalue weighted by Crippen LogP contribution is -2.64. The van der Waals surface area contributed by atoms with Crippen molar-refractivity contribution in [3.8, 4) is 5.75 Å². The molecule has 1 heterocycles. The average molecular weight is 453 g/mol. The Morgan fingerprint density at radius 2 is 1.59 bits per heavy atom. The Balaban J connectivity index is 1.85. The quantitative estimate of drug-likeness (QED) is 0.258. The highest BCUT2D eigenvalue weighted by molar-refractivity contribution is 7.47. The van der Waals surface area contributed by atoms with Gasteiger partial charge in [0, 0.05) is 11.5 Å². The molecule has 11 nitrogen and oxygen atoms in total. The standard InChI is InChI=1S/C16H18ClO11P/c1-5-7-3-2-6(4-8(7)26-16(23)9(5)17)27-29(24,25)28-15-13(21)11(19)10(18)12(20)14(15)22/h2-4,10-15,18-22H,1H3,(H,24,25). The molecule has 1 aromatic heterocycles. The minimum Gasteiger partial charge on any atom is -0.421 e. The first kappa shape index (κ1) is 22.2. The van der Waals surface area contributed by atoms with Crippen LogP contribution in [0.15, 0.2) is 27.4 Å². The van der Waals surface area contributed by atoms with Gasteiger partial charge < -0.3 is 34.5 Å². The van der Waals surface area contributed by atoms with Crippen molar-refractivity contribution < 1.29 is 48.5 Å². The van der Waals surface area contributed by atoms with E-state index in [1.165, 1.54) is 12.1 Å². The normalized spacial score (nSPS) is 32.1. The van der Waals surface area contributed by atoms with Gasteiger partial charge in [-0.25, -0.2) is 9.36 Å². The highest BCUT2D eigenvalue weighted by Crippen LogP contribution is 2.47. The third-order valence-corrected chi connectivity index (χ3v) is 6.01. The lowest BCUT2D eigenvalue weighted by Gasteiger charge is -2.41. The summed E-state index contributed by atoms with van der Waals surface area (Å²) in [6.07, 6.45) is -11.7. The Bertz CT molecular complexity index is 1010. The molecule has 5 atom stereocenters. The topological polar surface area (TPSA) is 187 Å². The van der Waals surface area contributed by atoms with Crippen molar-refractivity contribution in [3.05, 3.63) is 39.2 Å². The van der Waals surface area contributed by atoms with Crippen LogP contribution in [0.2, 0.25) is 5.02 Å². The molecule has 0 radical (unpaired) electrons. The molecule has 0 bridgehead atoms. The highest BCUT2D eigenvalue weighted by Gasteiger charge is 2.51. The summed E-state index contributed by atoms with van der Waals surface area (Å²) in [6.45, 7) is 1.58. The fourth-order valence-electron chi connectivity index (χ4n) is 3.00. The Morgan fingerprint density at radius 1 is 1.03 bits per heavy atom. The van der Waals surface area contributed by atoms with Gasteiger partial charge in [0.25, 0.3) is 0 Å². The molecular formula is C16H18ClO11P. The van der Waals surface area contributed by atoms with E-state index in [1.54, 1.807) is 6.92 Å². The van der Waals surface area contributed by atoms with Crippen molar-refractivity contribution in [2.75, 3.05) is 0 Å². The van der Waals surface area contributed by atoms with Crippen molar-refractivity contribution in [3.63, 3.8) is 0 Å². The molecular weight excluding hydrogens is 435 g/mol. The number of halogens is 1. The van der Waals surface area contributed by atoms with Gasteiger partial charge in [0.15, 0.2) is 0 Å². The first-order valence-electron chi connectivity index (χ1n) is 8.27. The summed E-state index contributed by atoms with van der Waals surface area (Å²) in [7, 11) is -5.01. The van der Waals surface area contributed by atoms with E-state index in [2.05, 4.69) is 0 Å². The maximum atomic E-state index is 12.3. The zero-order valence-electron chi connectivity index (χ0n) is 14.7. The third kappa shape index (κ3) is 4.19. The molecule has 1 fully saturated rings. The second kappa shape index (κ2) is 7.95. The Labute approximate surface area is 167 Å². The van der Waals surface area contributed by atoms with E-state index in [9.17, 15) is 39.8 Å². The smallest absolute Gasteiger partial charge is 0.421 e. The van der Waals surface area contributed by atoms with Gasteiger partial charge in [0.05, 0.1) is 0 Å². The van der Waals surface area contributed by atoms with E-state index < -0.39 is 50.1 Å². The molecule has 1 aliphatic carbocycles. The minimum atomic E-state index is -5.01. The fourth-order valence-corrected chi connectivity index (χ4v) is 4.12. The van der Waals surface area contributed by atoms with Crippen LogP contribution in [0.25, 0.3) is 11.0 Å². The molecule has 2 aromatic rings. The second-order valence-electron chi connectivity index (χ2n) is 6.57. The van der Waals surface area contributed by atoms with Crippen molar-refractivity contribution in [2.24, 2.45) is 0 Å². The third-order valence-electron chi connectivity index (χ3n) is 4.62. The average Bonchev–Trinajstić information content (AvgIpc) is 2.66. The van der Waals surface area contributed by atoms with Gasteiger partial charge >= 0.3 is 13.4 Å². The molecule has 13 heteroatoms. The van der Waals surface area contributed by atoms with Gasteiger partial charge in [-0.3, -0.25) is 9.42 Å². The number of benzene rings is 1. The largest absolute Gasteiger partial charge is 0.527 e. The first-order valence-corrected chi connectivity index (χ1v) is 10.1. The van der Waals surface area contributed by atoms with Gasteiger partial charge in [-0.15, -0.1) is 0 Å². The number of fused-ring (bicyclic) bond motifs is 1. The van der Waals surface area contributed by atoms with Crippen LogP contribution in [0.5, 0.6) is 5.75 Å². The van der Waals surface area contributed by atoms with Crippen LogP contribution in [0.4, 0.5) is 0 Å². The Hall–Kier alpha value is -1.53. The van der Waals surface area contributed by atoms with E-state index in [0.717, 1.165) is 6.07 Å². The number of hydrogen-bond acceptors (Lipinski definition) is 10. The van der Waals surface area contributed by atoms with Gasteiger partial charge in [0.1, 0.15) is 53.0 Å². The summed E-state index contributed by atoms with van der Waals surface area (Å²) in [5.74, 6) is -0.255. The zero-order valence-corrected chi connectivity index (χ0v) is 16.4. The highest BCUT2D eigenvalue weighted by atomic mass is 35.5. The molecule has 29 heavy (non-hydrogen) atoms. The van der Waals surface area contributed by atoms with Crippen LogP contribution in [0.3, 0.4) is 0 Å². The summed E-state index contributed by atoms with van der Waals surface area (Å²) < 4.78 is 26.9. The fraction of sp³-hybridized carbons (Fsp3) is 0.438. The van der Waals surface area contributed by atoms with Crippen molar-refractivity contribution in [2.45, 2.75) is 43.5 Å². The Morgan fingerprint density at radius 3 is 2.17 bits per heavy atom. The van der Waals surface area contributed by atoms with Gasteiger partial charge in [-0.05, 0) is 24.6 Å².